The number of aryl methyl sites for hydroxylation is 1. The summed E-state index contributed by atoms with van der Waals surface area (Å²) >= 11 is 5.39. The van der Waals surface area contributed by atoms with Crippen molar-refractivity contribution in [2.24, 2.45) is 0 Å². The average Bonchev–Trinajstić information content (AvgIpc) is 3.08. The molecule has 0 unspecified atom stereocenters. The van der Waals surface area contributed by atoms with Crippen LogP contribution in [0.3, 0.4) is 0 Å². The number of fused-ring (bicyclic) bond motifs is 1. The maximum Gasteiger partial charge on any atom is 0.305 e. The van der Waals surface area contributed by atoms with E-state index in [1.165, 1.54) is 4.68 Å². The lowest BCUT2D eigenvalue weighted by atomic mass is 10.2. The molecule has 3 aromatic rings. The van der Waals surface area contributed by atoms with Gasteiger partial charge in [-0.25, -0.2) is 4.68 Å². The monoisotopic (exact) mass is 329 g/mol. The van der Waals surface area contributed by atoms with Crippen molar-refractivity contribution in [1.82, 2.24) is 14.3 Å². The summed E-state index contributed by atoms with van der Waals surface area (Å²) in [5.74, 6) is 0.264. The SMILES string of the molecule is C=CCn1c(-c2cc3ccccc3o2)nn(CCC(=O)O)c1=S. The van der Waals surface area contributed by atoms with Crippen molar-refractivity contribution in [2.75, 3.05) is 0 Å². The lowest BCUT2D eigenvalue weighted by Gasteiger charge is -2.00. The van der Waals surface area contributed by atoms with E-state index in [-0.39, 0.29) is 13.0 Å². The first-order valence-corrected chi connectivity index (χ1v) is 7.50. The molecule has 1 N–H and O–H groups in total. The predicted molar refractivity (Wildman–Crippen MR) is 88.7 cm³/mol. The molecule has 0 aliphatic rings. The van der Waals surface area contributed by atoms with Gasteiger partial charge in [0.05, 0.1) is 13.0 Å². The van der Waals surface area contributed by atoms with E-state index in [2.05, 4.69) is 11.7 Å². The summed E-state index contributed by atoms with van der Waals surface area (Å²) in [7, 11) is 0. The summed E-state index contributed by atoms with van der Waals surface area (Å²) in [6, 6.07) is 9.57. The molecule has 0 bridgehead atoms. The number of carbonyl (C=O) groups is 1. The molecule has 23 heavy (non-hydrogen) atoms. The molecule has 2 heterocycles. The maximum atomic E-state index is 10.8. The molecule has 118 valence electrons. The van der Waals surface area contributed by atoms with Gasteiger partial charge in [-0.3, -0.25) is 9.36 Å². The molecule has 0 saturated carbocycles. The minimum absolute atomic E-state index is 0.0427. The zero-order valence-electron chi connectivity index (χ0n) is 12.3. The van der Waals surface area contributed by atoms with E-state index in [1.807, 2.05) is 30.3 Å². The van der Waals surface area contributed by atoms with E-state index in [4.69, 9.17) is 21.7 Å². The highest BCUT2D eigenvalue weighted by Gasteiger charge is 2.16. The van der Waals surface area contributed by atoms with E-state index in [0.29, 0.717) is 22.9 Å². The van der Waals surface area contributed by atoms with Crippen LogP contribution in [0.2, 0.25) is 0 Å². The lowest BCUT2D eigenvalue weighted by Crippen LogP contribution is -2.06. The minimum atomic E-state index is -0.893. The second-order valence-corrected chi connectivity index (χ2v) is 5.39. The van der Waals surface area contributed by atoms with Crippen LogP contribution in [-0.2, 0) is 17.9 Å². The summed E-state index contributed by atoms with van der Waals surface area (Å²) in [6.07, 6.45) is 1.67. The van der Waals surface area contributed by atoms with Crippen LogP contribution in [0.4, 0.5) is 0 Å². The number of furan rings is 1. The summed E-state index contributed by atoms with van der Waals surface area (Å²) in [6.45, 7) is 4.41. The molecule has 3 rings (SSSR count). The predicted octanol–water partition coefficient (Wildman–Crippen LogP) is 3.49. The molecular formula is C16H15N3O3S. The zero-order chi connectivity index (χ0) is 16.4. The normalized spacial score (nSPS) is 11.0. The molecule has 0 amide bonds. The van der Waals surface area contributed by atoms with Crippen LogP contribution in [0, 0.1) is 4.77 Å². The summed E-state index contributed by atoms with van der Waals surface area (Å²) in [5, 5.41) is 14.2. The highest BCUT2D eigenvalue weighted by atomic mass is 32.1. The summed E-state index contributed by atoms with van der Waals surface area (Å²) in [4.78, 5) is 10.8. The number of hydrogen-bond acceptors (Lipinski definition) is 4. The van der Waals surface area contributed by atoms with Gasteiger partial charge in [-0.2, -0.15) is 0 Å². The van der Waals surface area contributed by atoms with Crippen LogP contribution in [0.5, 0.6) is 0 Å². The van der Waals surface area contributed by atoms with Gasteiger partial charge in [0.15, 0.2) is 16.4 Å². The van der Waals surface area contributed by atoms with Crippen molar-refractivity contribution in [3.63, 3.8) is 0 Å². The maximum absolute atomic E-state index is 10.8. The molecule has 6 nitrogen and oxygen atoms in total. The van der Waals surface area contributed by atoms with Crippen LogP contribution in [0.25, 0.3) is 22.6 Å². The third kappa shape index (κ3) is 2.95. The van der Waals surface area contributed by atoms with Gasteiger partial charge >= 0.3 is 5.97 Å². The van der Waals surface area contributed by atoms with Gasteiger partial charge in [-0.05, 0) is 24.4 Å². The van der Waals surface area contributed by atoms with Crippen molar-refractivity contribution in [2.45, 2.75) is 19.5 Å². The van der Waals surface area contributed by atoms with Gasteiger partial charge in [0.25, 0.3) is 0 Å². The van der Waals surface area contributed by atoms with Gasteiger partial charge in [-0.1, -0.05) is 24.3 Å². The van der Waals surface area contributed by atoms with Crippen LogP contribution in [-0.4, -0.2) is 25.4 Å². The van der Waals surface area contributed by atoms with Crippen molar-refractivity contribution >= 4 is 29.2 Å². The lowest BCUT2D eigenvalue weighted by molar-refractivity contribution is -0.137. The minimum Gasteiger partial charge on any atom is -0.481 e. The molecular weight excluding hydrogens is 314 g/mol. The third-order valence-corrected chi connectivity index (χ3v) is 3.85. The highest BCUT2D eigenvalue weighted by molar-refractivity contribution is 7.71. The molecule has 0 aliphatic heterocycles. The Morgan fingerprint density at radius 1 is 1.43 bits per heavy atom. The molecule has 0 spiro atoms. The Labute approximate surface area is 137 Å². The number of benzene rings is 1. The van der Waals surface area contributed by atoms with E-state index in [0.717, 1.165) is 11.0 Å². The quantitative estimate of drug-likeness (QED) is 0.553. The van der Waals surface area contributed by atoms with E-state index < -0.39 is 5.97 Å². The highest BCUT2D eigenvalue weighted by Crippen LogP contribution is 2.27. The standard InChI is InChI=1S/C16H15N3O3S/c1-2-8-18-15(17-19(16(18)23)9-7-14(20)21)13-10-11-5-3-4-6-12(11)22-13/h2-6,10H,1,7-9H2,(H,20,21). The van der Waals surface area contributed by atoms with Gasteiger partial charge in [0.2, 0.25) is 0 Å². The van der Waals surface area contributed by atoms with Gasteiger partial charge in [0, 0.05) is 11.9 Å². The number of aromatic nitrogens is 3. The molecule has 0 atom stereocenters. The second kappa shape index (κ2) is 6.21. The Kier molecular flexibility index (Phi) is 4.12. The molecule has 0 fully saturated rings. The van der Waals surface area contributed by atoms with Crippen LogP contribution in [0.1, 0.15) is 6.42 Å². The summed E-state index contributed by atoms with van der Waals surface area (Å²) < 4.78 is 9.58. The van der Waals surface area contributed by atoms with Crippen LogP contribution >= 0.6 is 12.2 Å². The van der Waals surface area contributed by atoms with Crippen molar-refractivity contribution < 1.29 is 14.3 Å². The first kappa shape index (κ1) is 15.2. The number of carboxylic acids is 1. The number of para-hydroxylation sites is 1. The van der Waals surface area contributed by atoms with Gasteiger partial charge in [-0.15, -0.1) is 11.7 Å². The third-order valence-electron chi connectivity index (χ3n) is 3.42. The van der Waals surface area contributed by atoms with Gasteiger partial charge in [0.1, 0.15) is 5.58 Å². The average molecular weight is 329 g/mol. The number of aliphatic carboxylic acids is 1. The van der Waals surface area contributed by atoms with Crippen molar-refractivity contribution in [1.29, 1.82) is 0 Å². The first-order chi connectivity index (χ1) is 11.1. The Bertz CT molecular complexity index is 903. The largest absolute Gasteiger partial charge is 0.481 e. The zero-order valence-corrected chi connectivity index (χ0v) is 13.1. The number of allylic oxidation sites excluding steroid dienone is 1. The van der Waals surface area contributed by atoms with E-state index in [9.17, 15) is 4.79 Å². The Morgan fingerprint density at radius 3 is 2.91 bits per heavy atom. The fraction of sp³-hybridized carbons (Fsp3) is 0.188. The Balaban J connectivity index is 2.09. The van der Waals surface area contributed by atoms with E-state index >= 15 is 0 Å². The number of rotatable bonds is 6. The first-order valence-electron chi connectivity index (χ1n) is 7.09. The van der Waals surface area contributed by atoms with Crippen molar-refractivity contribution in [3.05, 3.63) is 47.8 Å². The molecule has 0 saturated heterocycles. The molecule has 0 radical (unpaired) electrons. The molecule has 1 aromatic carbocycles. The van der Waals surface area contributed by atoms with Crippen LogP contribution in [0.15, 0.2) is 47.4 Å². The van der Waals surface area contributed by atoms with Crippen LogP contribution < -0.4 is 0 Å². The number of hydrogen-bond donors (Lipinski definition) is 1. The topological polar surface area (TPSA) is 73.2 Å². The second-order valence-electron chi connectivity index (χ2n) is 5.02. The number of nitrogens with zero attached hydrogens (tertiary/aromatic N) is 3. The summed E-state index contributed by atoms with van der Waals surface area (Å²) in [5.41, 5.74) is 0.763. The molecule has 2 aromatic heterocycles. The fourth-order valence-corrected chi connectivity index (χ4v) is 2.65. The Hall–Kier alpha value is -2.67. The van der Waals surface area contributed by atoms with Crippen molar-refractivity contribution in [3.8, 4) is 11.6 Å². The fourth-order valence-electron chi connectivity index (χ4n) is 2.36. The van der Waals surface area contributed by atoms with Gasteiger partial charge < -0.3 is 9.52 Å². The smallest absolute Gasteiger partial charge is 0.305 e. The Morgan fingerprint density at radius 2 is 2.22 bits per heavy atom. The number of carboxylic acid groups (broad SMARTS) is 1. The van der Waals surface area contributed by atoms with E-state index in [1.54, 1.807) is 10.6 Å². The molecule has 0 aliphatic carbocycles. The molecule has 7 heteroatoms.